The second-order valence-electron chi connectivity index (χ2n) is 12.2. The average molecular weight is 443 g/mol. The van der Waals surface area contributed by atoms with Gasteiger partial charge in [-0.25, -0.2) is 4.79 Å². The number of fused-ring (bicyclic) bond motifs is 6. The minimum absolute atomic E-state index is 0.368. The minimum atomic E-state index is -0.847. The van der Waals surface area contributed by atoms with Crippen molar-refractivity contribution in [1.82, 2.24) is 0 Å². The molecule has 2 nitrogen and oxygen atoms in total. The van der Waals surface area contributed by atoms with Crippen molar-refractivity contribution in [2.75, 3.05) is 0 Å². The lowest BCUT2D eigenvalue weighted by atomic mass is 9.40. The van der Waals surface area contributed by atoms with E-state index in [1.807, 2.05) is 17.7 Å². The number of carbonyl (C=O) groups is 1. The van der Waals surface area contributed by atoms with Crippen LogP contribution in [0.5, 0.6) is 0 Å². The topological polar surface area (TPSA) is 37.3 Å². The summed E-state index contributed by atoms with van der Waals surface area (Å²) in [4.78, 5) is 11.3. The van der Waals surface area contributed by atoms with Gasteiger partial charge in [-0.05, 0) is 127 Å². The summed E-state index contributed by atoms with van der Waals surface area (Å²) in [5.41, 5.74) is 9.18. The monoisotopic (exact) mass is 442 g/mol. The van der Waals surface area contributed by atoms with Crippen LogP contribution in [0.1, 0.15) is 94.5 Å². The molecular formula is C31H38O2. The number of carboxylic acids is 1. The van der Waals surface area contributed by atoms with Gasteiger partial charge in [-0.3, -0.25) is 0 Å². The van der Waals surface area contributed by atoms with Crippen molar-refractivity contribution < 1.29 is 9.90 Å². The number of hydrogen-bond donors (Lipinski definition) is 1. The maximum atomic E-state index is 11.3. The number of rotatable bonds is 2. The van der Waals surface area contributed by atoms with Crippen LogP contribution in [0.3, 0.4) is 0 Å². The quantitative estimate of drug-likeness (QED) is 0.503. The van der Waals surface area contributed by atoms with Crippen molar-refractivity contribution in [2.24, 2.45) is 34.5 Å². The molecule has 0 saturated heterocycles. The highest BCUT2D eigenvalue weighted by molar-refractivity contribution is 5.88. The van der Waals surface area contributed by atoms with E-state index in [1.54, 1.807) is 23.3 Å². The Morgan fingerprint density at radius 1 is 1.00 bits per heavy atom. The Kier molecular flexibility index (Phi) is 4.84. The molecule has 4 unspecified atom stereocenters. The van der Waals surface area contributed by atoms with Gasteiger partial charge in [-0.15, -0.1) is 0 Å². The summed E-state index contributed by atoms with van der Waals surface area (Å²) in [7, 11) is 0. The molecule has 0 radical (unpaired) electrons. The Morgan fingerprint density at radius 2 is 1.79 bits per heavy atom. The zero-order chi connectivity index (χ0) is 23.0. The maximum absolute atomic E-state index is 11.3. The summed E-state index contributed by atoms with van der Waals surface area (Å²) in [6.07, 6.45) is 17.0. The first kappa shape index (κ1) is 21.4. The SMILES string of the molecule is CC1C(c2ccc(C(=O)O)cc2)=CC[C@@]2(C)C1CC[C@@]1(C)C3CC=C4CCCC4=C3CCC12. The molecule has 0 spiro atoms. The Balaban J connectivity index is 1.32. The third kappa shape index (κ3) is 3.01. The largest absolute Gasteiger partial charge is 0.478 e. The predicted molar refractivity (Wildman–Crippen MR) is 134 cm³/mol. The van der Waals surface area contributed by atoms with Crippen LogP contribution in [0.4, 0.5) is 0 Å². The molecule has 0 amide bonds. The first-order valence-electron chi connectivity index (χ1n) is 13.3. The predicted octanol–water partition coefficient (Wildman–Crippen LogP) is 8.07. The fourth-order valence-electron chi connectivity index (χ4n) is 9.36. The van der Waals surface area contributed by atoms with Crippen LogP contribution < -0.4 is 0 Å². The zero-order valence-electron chi connectivity index (χ0n) is 20.5. The van der Waals surface area contributed by atoms with Crippen molar-refractivity contribution >= 4 is 11.5 Å². The van der Waals surface area contributed by atoms with Gasteiger partial charge < -0.3 is 5.11 Å². The van der Waals surface area contributed by atoms with Crippen molar-refractivity contribution in [3.05, 3.63) is 64.3 Å². The van der Waals surface area contributed by atoms with Crippen molar-refractivity contribution in [3.63, 3.8) is 0 Å². The summed E-state index contributed by atoms with van der Waals surface area (Å²) in [6, 6.07) is 7.57. The number of aromatic carboxylic acids is 1. The van der Waals surface area contributed by atoms with Crippen LogP contribution in [0, 0.1) is 34.5 Å². The number of carboxylic acid groups (broad SMARTS) is 1. The van der Waals surface area contributed by atoms with Gasteiger partial charge in [-0.2, -0.15) is 0 Å². The van der Waals surface area contributed by atoms with Crippen LogP contribution in [-0.2, 0) is 0 Å². The molecule has 0 heterocycles. The molecule has 2 heteroatoms. The van der Waals surface area contributed by atoms with E-state index in [2.05, 4.69) is 32.9 Å². The van der Waals surface area contributed by atoms with Gasteiger partial charge in [0.25, 0.3) is 0 Å². The fraction of sp³-hybridized carbons (Fsp3) is 0.581. The minimum Gasteiger partial charge on any atom is -0.478 e. The molecule has 5 aliphatic carbocycles. The van der Waals surface area contributed by atoms with Gasteiger partial charge in [0.2, 0.25) is 0 Å². The molecule has 6 rings (SSSR count). The molecule has 1 N–H and O–H groups in total. The molecule has 3 saturated carbocycles. The van der Waals surface area contributed by atoms with Crippen LogP contribution in [-0.4, -0.2) is 11.1 Å². The van der Waals surface area contributed by atoms with E-state index in [9.17, 15) is 9.90 Å². The van der Waals surface area contributed by atoms with Crippen molar-refractivity contribution in [2.45, 2.75) is 78.6 Å². The third-order valence-electron chi connectivity index (χ3n) is 10.9. The maximum Gasteiger partial charge on any atom is 0.335 e. The molecular weight excluding hydrogens is 404 g/mol. The van der Waals surface area contributed by atoms with E-state index in [-0.39, 0.29) is 0 Å². The number of allylic oxidation sites excluding steroid dienone is 6. The van der Waals surface area contributed by atoms with Crippen LogP contribution in [0.25, 0.3) is 5.57 Å². The molecule has 3 fully saturated rings. The zero-order valence-corrected chi connectivity index (χ0v) is 20.5. The second-order valence-corrected chi connectivity index (χ2v) is 12.2. The van der Waals surface area contributed by atoms with Gasteiger partial charge in [0.05, 0.1) is 5.56 Å². The Bertz CT molecular complexity index is 1090. The second kappa shape index (κ2) is 7.45. The molecule has 174 valence electrons. The smallest absolute Gasteiger partial charge is 0.335 e. The van der Waals surface area contributed by atoms with Crippen molar-refractivity contribution in [3.8, 4) is 0 Å². The van der Waals surface area contributed by atoms with E-state index in [4.69, 9.17) is 0 Å². The van der Waals surface area contributed by atoms with Crippen molar-refractivity contribution in [1.29, 1.82) is 0 Å². The highest BCUT2D eigenvalue weighted by Gasteiger charge is 2.60. The first-order valence-corrected chi connectivity index (χ1v) is 13.3. The summed E-state index contributed by atoms with van der Waals surface area (Å²) in [5, 5.41) is 9.27. The summed E-state index contributed by atoms with van der Waals surface area (Å²) in [5.74, 6) is 1.96. The van der Waals surface area contributed by atoms with Crippen LogP contribution >= 0.6 is 0 Å². The van der Waals surface area contributed by atoms with E-state index in [0.29, 0.717) is 28.2 Å². The molecule has 5 aliphatic rings. The van der Waals surface area contributed by atoms with E-state index in [0.717, 1.165) is 18.3 Å². The first-order chi connectivity index (χ1) is 15.8. The lowest BCUT2D eigenvalue weighted by Crippen LogP contribution is -2.56. The highest BCUT2D eigenvalue weighted by atomic mass is 16.4. The summed E-state index contributed by atoms with van der Waals surface area (Å²) >= 11 is 0. The normalized spacial score (nSPS) is 39.6. The van der Waals surface area contributed by atoms with Gasteiger partial charge in [0.1, 0.15) is 0 Å². The summed E-state index contributed by atoms with van der Waals surface area (Å²) in [6.45, 7) is 7.72. The molecule has 1 aromatic rings. The Labute approximate surface area is 198 Å². The van der Waals surface area contributed by atoms with Gasteiger partial charge in [0, 0.05) is 0 Å². The van der Waals surface area contributed by atoms with Gasteiger partial charge >= 0.3 is 5.97 Å². The van der Waals surface area contributed by atoms with E-state index >= 15 is 0 Å². The average Bonchev–Trinajstić information content (AvgIpc) is 3.28. The standard InChI is InChI=1S/C31H38O2/c1-19-23(21-7-9-22(10-8-21)29(32)33)15-17-30(2)26(19)16-18-31(3)27-13-11-20-5-4-6-24(20)25(27)12-14-28(30)31/h7-11,15,19,26-28H,4-6,12-14,16-18H2,1-3H3,(H,32,33)/t19?,26?,27?,28?,30-,31-/m0/s1. The lowest BCUT2D eigenvalue weighted by Gasteiger charge is -2.64. The van der Waals surface area contributed by atoms with Crippen LogP contribution in [0.2, 0.25) is 0 Å². The summed E-state index contributed by atoms with van der Waals surface area (Å²) < 4.78 is 0. The third-order valence-corrected chi connectivity index (χ3v) is 10.9. The Morgan fingerprint density at radius 3 is 2.55 bits per heavy atom. The molecule has 0 bridgehead atoms. The van der Waals surface area contributed by atoms with Gasteiger partial charge in [0.15, 0.2) is 0 Å². The Hall–Kier alpha value is -2.09. The number of hydrogen-bond acceptors (Lipinski definition) is 1. The lowest BCUT2D eigenvalue weighted by molar-refractivity contribution is -0.107. The van der Waals surface area contributed by atoms with Gasteiger partial charge in [-0.1, -0.05) is 50.6 Å². The molecule has 1 aromatic carbocycles. The molecule has 0 aliphatic heterocycles. The number of benzene rings is 1. The highest BCUT2D eigenvalue weighted by Crippen LogP contribution is 2.69. The van der Waals surface area contributed by atoms with E-state index < -0.39 is 5.97 Å². The fourth-order valence-corrected chi connectivity index (χ4v) is 9.36. The van der Waals surface area contributed by atoms with E-state index in [1.165, 1.54) is 62.5 Å². The molecule has 33 heavy (non-hydrogen) atoms. The molecule has 6 atom stereocenters. The van der Waals surface area contributed by atoms with Crippen LogP contribution in [0.15, 0.2) is 53.1 Å². The molecule has 0 aromatic heterocycles.